The third-order valence-electron chi connectivity index (χ3n) is 4.00. The third-order valence-corrected chi connectivity index (χ3v) is 4.00. The molecule has 1 atom stereocenters. The van der Waals surface area contributed by atoms with Gasteiger partial charge in [-0.1, -0.05) is 13.3 Å². The number of hydrogen-bond acceptors (Lipinski definition) is 3. The lowest BCUT2D eigenvalue weighted by atomic mass is 9.92. The second-order valence-electron chi connectivity index (χ2n) is 5.11. The van der Waals surface area contributed by atoms with Crippen LogP contribution in [0.15, 0.2) is 12.3 Å². The summed E-state index contributed by atoms with van der Waals surface area (Å²) >= 11 is 0. The number of nitrogens with zero attached hydrogens (tertiary/aromatic N) is 2. The number of rotatable bonds is 2. The number of anilines is 1. The molecule has 0 unspecified atom stereocenters. The van der Waals surface area contributed by atoms with E-state index in [9.17, 15) is 0 Å². The zero-order valence-electron chi connectivity index (χ0n) is 10.6. The lowest BCUT2D eigenvalue weighted by Crippen LogP contribution is -2.53. The van der Waals surface area contributed by atoms with Gasteiger partial charge < -0.3 is 10.2 Å². The van der Waals surface area contributed by atoms with E-state index in [2.05, 4.69) is 28.2 Å². The molecule has 0 amide bonds. The molecule has 0 spiro atoms. The highest BCUT2D eigenvalue weighted by Crippen LogP contribution is 2.31. The van der Waals surface area contributed by atoms with E-state index in [0.717, 1.165) is 19.6 Å². The van der Waals surface area contributed by atoms with E-state index in [4.69, 9.17) is 0 Å². The van der Waals surface area contributed by atoms with Crippen LogP contribution in [-0.4, -0.2) is 30.7 Å². The van der Waals surface area contributed by atoms with E-state index in [1.54, 1.807) is 0 Å². The Morgan fingerprint density at radius 3 is 3.35 bits per heavy atom. The Morgan fingerprint density at radius 2 is 2.47 bits per heavy atom. The Balaban J connectivity index is 1.96. The number of aromatic nitrogens is 1. The molecule has 3 heterocycles. The standard InChI is InChI=1S/C14H21N3/c1-2-3-11-6-7-16-14-13(11)5-4-12-10-15-8-9-17(12)14/h6-7,12,15H,2-5,8-10H2,1H3/t12-/m1/s1. The van der Waals surface area contributed by atoms with Crippen LogP contribution in [0.2, 0.25) is 0 Å². The molecule has 1 fully saturated rings. The zero-order chi connectivity index (χ0) is 11.7. The maximum Gasteiger partial charge on any atom is 0.132 e. The fourth-order valence-electron chi connectivity index (χ4n) is 3.15. The Bertz CT molecular complexity index is 402. The van der Waals surface area contributed by atoms with E-state index >= 15 is 0 Å². The third kappa shape index (κ3) is 1.93. The molecular formula is C14H21N3. The van der Waals surface area contributed by atoms with Crippen LogP contribution < -0.4 is 10.2 Å². The van der Waals surface area contributed by atoms with Gasteiger partial charge in [-0.05, 0) is 36.5 Å². The van der Waals surface area contributed by atoms with Gasteiger partial charge in [0.1, 0.15) is 5.82 Å². The van der Waals surface area contributed by atoms with Crippen molar-refractivity contribution in [2.75, 3.05) is 24.5 Å². The molecule has 0 aliphatic carbocycles. The Morgan fingerprint density at radius 1 is 1.53 bits per heavy atom. The summed E-state index contributed by atoms with van der Waals surface area (Å²) in [6, 6.07) is 2.88. The molecule has 3 nitrogen and oxygen atoms in total. The van der Waals surface area contributed by atoms with E-state index in [1.165, 1.54) is 42.6 Å². The maximum absolute atomic E-state index is 4.64. The highest BCUT2D eigenvalue weighted by atomic mass is 15.3. The van der Waals surface area contributed by atoms with Crippen molar-refractivity contribution < 1.29 is 0 Å². The molecule has 0 bridgehead atoms. The minimum absolute atomic E-state index is 0.667. The van der Waals surface area contributed by atoms with E-state index < -0.39 is 0 Å². The minimum atomic E-state index is 0.667. The fourth-order valence-corrected chi connectivity index (χ4v) is 3.15. The van der Waals surface area contributed by atoms with Crippen LogP contribution >= 0.6 is 0 Å². The second kappa shape index (κ2) is 4.65. The van der Waals surface area contributed by atoms with Crippen molar-refractivity contribution in [3.63, 3.8) is 0 Å². The quantitative estimate of drug-likeness (QED) is 0.840. The topological polar surface area (TPSA) is 28.2 Å². The summed E-state index contributed by atoms with van der Waals surface area (Å²) < 4.78 is 0. The van der Waals surface area contributed by atoms with Crippen molar-refractivity contribution in [3.8, 4) is 0 Å². The van der Waals surface area contributed by atoms with Gasteiger partial charge in [0.05, 0.1) is 0 Å². The molecule has 92 valence electrons. The molecule has 1 aromatic rings. The summed E-state index contributed by atoms with van der Waals surface area (Å²) in [5, 5.41) is 3.49. The number of fused-ring (bicyclic) bond motifs is 3. The van der Waals surface area contributed by atoms with Gasteiger partial charge in [-0.3, -0.25) is 0 Å². The monoisotopic (exact) mass is 231 g/mol. The number of nitrogens with one attached hydrogen (secondary N) is 1. The van der Waals surface area contributed by atoms with Crippen molar-refractivity contribution in [3.05, 3.63) is 23.4 Å². The summed E-state index contributed by atoms with van der Waals surface area (Å²) in [7, 11) is 0. The van der Waals surface area contributed by atoms with Crippen LogP contribution in [0.5, 0.6) is 0 Å². The minimum Gasteiger partial charge on any atom is -0.351 e. The predicted octanol–water partition coefficient (Wildman–Crippen LogP) is 1.76. The Kier molecular flexibility index (Phi) is 3.02. The van der Waals surface area contributed by atoms with E-state index in [-0.39, 0.29) is 0 Å². The number of hydrogen-bond donors (Lipinski definition) is 1. The Labute approximate surface area is 103 Å². The first kappa shape index (κ1) is 11.0. The van der Waals surface area contributed by atoms with Crippen LogP contribution in [0.1, 0.15) is 30.9 Å². The SMILES string of the molecule is CCCc1ccnc2c1CC[C@@H]1CNCCN21. The molecular weight excluding hydrogens is 210 g/mol. The average molecular weight is 231 g/mol. The van der Waals surface area contributed by atoms with Gasteiger partial charge in [0.15, 0.2) is 0 Å². The molecule has 0 radical (unpaired) electrons. The molecule has 2 aliphatic rings. The molecule has 2 aliphatic heterocycles. The van der Waals surface area contributed by atoms with Crippen LogP contribution in [-0.2, 0) is 12.8 Å². The number of pyridine rings is 1. The van der Waals surface area contributed by atoms with Crippen LogP contribution in [0, 0.1) is 0 Å². The molecule has 1 aromatic heterocycles. The van der Waals surface area contributed by atoms with E-state index in [0.29, 0.717) is 6.04 Å². The number of aryl methyl sites for hydroxylation is 1. The largest absolute Gasteiger partial charge is 0.351 e. The lowest BCUT2D eigenvalue weighted by molar-refractivity contribution is 0.435. The van der Waals surface area contributed by atoms with Gasteiger partial charge in [-0.2, -0.15) is 0 Å². The van der Waals surface area contributed by atoms with Crippen LogP contribution in [0.25, 0.3) is 0 Å². The molecule has 1 saturated heterocycles. The Hall–Kier alpha value is -1.09. The molecule has 0 aromatic carbocycles. The highest BCUT2D eigenvalue weighted by Gasteiger charge is 2.30. The lowest BCUT2D eigenvalue weighted by Gasteiger charge is -2.42. The van der Waals surface area contributed by atoms with Crippen molar-refractivity contribution >= 4 is 5.82 Å². The average Bonchev–Trinajstić information content (AvgIpc) is 2.39. The molecule has 17 heavy (non-hydrogen) atoms. The van der Waals surface area contributed by atoms with Crippen LogP contribution in [0.3, 0.4) is 0 Å². The summed E-state index contributed by atoms with van der Waals surface area (Å²) in [6.45, 7) is 5.58. The number of piperazine rings is 1. The van der Waals surface area contributed by atoms with Gasteiger partial charge >= 0.3 is 0 Å². The van der Waals surface area contributed by atoms with Gasteiger partial charge in [0.2, 0.25) is 0 Å². The summed E-state index contributed by atoms with van der Waals surface area (Å²) in [5.74, 6) is 1.27. The van der Waals surface area contributed by atoms with Crippen molar-refractivity contribution in [2.24, 2.45) is 0 Å². The first-order chi connectivity index (χ1) is 8.40. The first-order valence-corrected chi connectivity index (χ1v) is 6.84. The van der Waals surface area contributed by atoms with Gasteiger partial charge in [0.25, 0.3) is 0 Å². The summed E-state index contributed by atoms with van der Waals surface area (Å²) in [6.07, 6.45) is 6.90. The molecule has 3 rings (SSSR count). The smallest absolute Gasteiger partial charge is 0.132 e. The maximum atomic E-state index is 4.64. The van der Waals surface area contributed by atoms with Gasteiger partial charge in [0, 0.05) is 31.9 Å². The van der Waals surface area contributed by atoms with E-state index in [1.807, 2.05) is 6.20 Å². The first-order valence-electron chi connectivity index (χ1n) is 6.84. The van der Waals surface area contributed by atoms with Gasteiger partial charge in [-0.25, -0.2) is 4.98 Å². The normalized spacial score (nSPS) is 23.1. The summed E-state index contributed by atoms with van der Waals surface area (Å²) in [5.41, 5.74) is 3.04. The van der Waals surface area contributed by atoms with Crippen LogP contribution in [0.4, 0.5) is 5.82 Å². The van der Waals surface area contributed by atoms with Crippen molar-refractivity contribution in [1.82, 2.24) is 10.3 Å². The van der Waals surface area contributed by atoms with Crippen molar-refractivity contribution in [1.29, 1.82) is 0 Å². The van der Waals surface area contributed by atoms with Crippen molar-refractivity contribution in [2.45, 2.75) is 38.6 Å². The predicted molar refractivity (Wildman–Crippen MR) is 70.6 cm³/mol. The fraction of sp³-hybridized carbons (Fsp3) is 0.643. The second-order valence-corrected chi connectivity index (χ2v) is 5.11. The zero-order valence-corrected chi connectivity index (χ0v) is 10.6. The summed E-state index contributed by atoms with van der Waals surface area (Å²) in [4.78, 5) is 7.17. The molecule has 1 N–H and O–H groups in total. The highest BCUT2D eigenvalue weighted by molar-refractivity contribution is 5.54. The van der Waals surface area contributed by atoms with Gasteiger partial charge in [-0.15, -0.1) is 0 Å². The molecule has 3 heteroatoms. The molecule has 0 saturated carbocycles.